The molecule has 0 spiro atoms. The zero-order valence-electron chi connectivity index (χ0n) is 14.6. The molecular weight excluding hydrogens is 400 g/mol. The van der Waals surface area contributed by atoms with Crippen LogP contribution in [0, 0.1) is 11.3 Å². The van der Waals surface area contributed by atoms with E-state index in [2.05, 4.69) is 8.75 Å². The Hall–Kier alpha value is -3.13. The van der Waals surface area contributed by atoms with Crippen molar-refractivity contribution in [3.05, 3.63) is 70.9 Å². The van der Waals surface area contributed by atoms with E-state index in [1.165, 1.54) is 25.3 Å². The van der Waals surface area contributed by atoms with E-state index in [4.69, 9.17) is 4.74 Å². The van der Waals surface area contributed by atoms with Crippen molar-refractivity contribution in [3.63, 3.8) is 0 Å². The van der Waals surface area contributed by atoms with Gasteiger partial charge in [0.2, 0.25) is 0 Å². The zero-order valence-corrected chi connectivity index (χ0v) is 16.2. The number of benzene rings is 2. The van der Waals surface area contributed by atoms with Gasteiger partial charge in [-0.05, 0) is 23.8 Å². The van der Waals surface area contributed by atoms with Crippen LogP contribution in [0.2, 0.25) is 0 Å². The van der Waals surface area contributed by atoms with E-state index in [1.54, 1.807) is 0 Å². The molecule has 0 saturated heterocycles. The molecule has 0 aliphatic rings. The fourth-order valence-corrected chi connectivity index (χ4v) is 3.80. The minimum Gasteiger partial charge on any atom is -0.465 e. The summed E-state index contributed by atoms with van der Waals surface area (Å²) in [6, 6.07) is 15.5. The predicted octanol–water partition coefficient (Wildman–Crippen LogP) is 3.06. The minimum absolute atomic E-state index is 0.0301. The Kier molecular flexibility index (Phi) is 6.10. The number of rotatable bonds is 6. The lowest BCUT2D eigenvalue weighted by Gasteiger charge is -2.21. The molecule has 0 bridgehead atoms. The van der Waals surface area contributed by atoms with Gasteiger partial charge in [0, 0.05) is 6.42 Å². The standard InChI is InChI=1S/C18H14N4O4S2/c1-26-18(23)14-8-7-13(11-19)10-16(14)22(28(24)25)17-15(20-27-21-17)9-12-5-3-2-4-6-12/h2-8,10H,9H2,1H3,(H,24,25). The van der Waals surface area contributed by atoms with Crippen LogP contribution in [0.4, 0.5) is 11.5 Å². The van der Waals surface area contributed by atoms with Crippen LogP contribution in [-0.2, 0) is 22.4 Å². The largest absolute Gasteiger partial charge is 0.465 e. The van der Waals surface area contributed by atoms with E-state index < -0.39 is 17.2 Å². The van der Waals surface area contributed by atoms with Gasteiger partial charge in [0.15, 0.2) is 5.82 Å². The second-order valence-corrected chi connectivity index (χ2v) is 6.91. The van der Waals surface area contributed by atoms with Crippen molar-refractivity contribution >= 4 is 40.5 Å². The molecule has 2 aromatic carbocycles. The fourth-order valence-electron chi connectivity index (χ4n) is 2.58. The highest BCUT2D eigenvalue weighted by Gasteiger charge is 2.27. The summed E-state index contributed by atoms with van der Waals surface area (Å²) in [5, 5.41) is 9.20. The maximum absolute atomic E-state index is 12.2. The van der Waals surface area contributed by atoms with Crippen LogP contribution in [0.15, 0.2) is 48.5 Å². The maximum Gasteiger partial charge on any atom is 0.340 e. The molecule has 8 nitrogen and oxygen atoms in total. The van der Waals surface area contributed by atoms with E-state index >= 15 is 0 Å². The van der Waals surface area contributed by atoms with Crippen molar-refractivity contribution in [2.45, 2.75) is 6.42 Å². The number of esters is 1. The number of carbonyl (C=O) groups is 1. The Morgan fingerprint density at radius 2 is 2.04 bits per heavy atom. The molecule has 1 atom stereocenters. The molecule has 0 saturated carbocycles. The molecule has 0 aliphatic carbocycles. The molecule has 142 valence electrons. The fraction of sp³-hybridized carbons (Fsp3) is 0.111. The Balaban J connectivity index is 2.12. The number of anilines is 2. The molecule has 0 aliphatic heterocycles. The Morgan fingerprint density at radius 1 is 1.29 bits per heavy atom. The first-order chi connectivity index (χ1) is 13.5. The summed E-state index contributed by atoms with van der Waals surface area (Å²) in [5.41, 5.74) is 1.69. The maximum atomic E-state index is 12.2. The van der Waals surface area contributed by atoms with E-state index in [9.17, 15) is 18.8 Å². The molecule has 1 N–H and O–H groups in total. The molecule has 0 fully saturated rings. The molecule has 10 heteroatoms. The topological polar surface area (TPSA) is 116 Å². The van der Waals surface area contributed by atoms with E-state index in [-0.39, 0.29) is 22.6 Å². The summed E-state index contributed by atoms with van der Waals surface area (Å²) in [6.07, 6.45) is 0.381. The average Bonchev–Trinajstić information content (AvgIpc) is 3.15. The number of methoxy groups -OCH3 is 1. The van der Waals surface area contributed by atoms with E-state index in [0.717, 1.165) is 21.6 Å². The number of nitrogens with zero attached hydrogens (tertiary/aromatic N) is 4. The number of aromatic nitrogens is 2. The van der Waals surface area contributed by atoms with Crippen LogP contribution in [-0.4, -0.2) is 30.6 Å². The molecule has 3 aromatic rings. The van der Waals surface area contributed by atoms with Gasteiger partial charge in [-0.3, -0.25) is 4.55 Å². The Bertz CT molecular complexity index is 1060. The Labute approximate surface area is 167 Å². The summed E-state index contributed by atoms with van der Waals surface area (Å²) in [4.78, 5) is 12.2. The summed E-state index contributed by atoms with van der Waals surface area (Å²) < 4.78 is 36.3. The molecule has 1 heterocycles. The number of carbonyl (C=O) groups excluding carboxylic acids is 1. The first-order valence-electron chi connectivity index (χ1n) is 7.94. The van der Waals surface area contributed by atoms with Crippen LogP contribution in [0.3, 0.4) is 0 Å². The second-order valence-electron chi connectivity index (χ2n) is 5.56. The van der Waals surface area contributed by atoms with Gasteiger partial charge >= 0.3 is 5.97 Å². The molecule has 3 rings (SSSR count). The molecule has 28 heavy (non-hydrogen) atoms. The summed E-state index contributed by atoms with van der Waals surface area (Å²) in [7, 11) is 1.20. The SMILES string of the molecule is COC(=O)c1ccc(C#N)cc1N(c1nsnc1Cc1ccccc1)S(=O)O. The van der Waals surface area contributed by atoms with Crippen LogP contribution in [0.5, 0.6) is 0 Å². The Morgan fingerprint density at radius 3 is 2.68 bits per heavy atom. The van der Waals surface area contributed by atoms with Crippen LogP contribution in [0.1, 0.15) is 27.2 Å². The lowest BCUT2D eigenvalue weighted by atomic mass is 10.1. The van der Waals surface area contributed by atoms with Crippen LogP contribution < -0.4 is 4.31 Å². The van der Waals surface area contributed by atoms with Crippen molar-refractivity contribution in [2.75, 3.05) is 11.4 Å². The van der Waals surface area contributed by atoms with Gasteiger partial charge in [0.25, 0.3) is 11.3 Å². The van der Waals surface area contributed by atoms with Gasteiger partial charge in [-0.1, -0.05) is 30.3 Å². The monoisotopic (exact) mass is 414 g/mol. The lowest BCUT2D eigenvalue weighted by molar-refractivity contribution is 0.0601. The van der Waals surface area contributed by atoms with Gasteiger partial charge in [-0.25, -0.2) is 13.3 Å². The number of hydrogen-bond donors (Lipinski definition) is 1. The summed E-state index contributed by atoms with van der Waals surface area (Å²) >= 11 is -1.68. The molecular formula is C18H14N4O4S2. The van der Waals surface area contributed by atoms with Crippen LogP contribution in [0.25, 0.3) is 0 Å². The van der Waals surface area contributed by atoms with E-state index in [0.29, 0.717) is 12.1 Å². The van der Waals surface area contributed by atoms with Gasteiger partial charge < -0.3 is 4.74 Å². The first-order valence-corrected chi connectivity index (χ1v) is 9.73. The van der Waals surface area contributed by atoms with Crippen molar-refractivity contribution in [2.24, 2.45) is 0 Å². The molecule has 1 aromatic heterocycles. The number of nitriles is 1. The number of hydrogen-bond acceptors (Lipinski definition) is 7. The third-order valence-corrected chi connectivity index (χ3v) is 5.09. The highest BCUT2D eigenvalue weighted by atomic mass is 32.2. The second kappa shape index (κ2) is 8.71. The minimum atomic E-state index is -2.57. The molecule has 0 amide bonds. The van der Waals surface area contributed by atoms with Gasteiger partial charge in [-0.2, -0.15) is 14.0 Å². The molecule has 0 radical (unpaired) electrons. The predicted molar refractivity (Wildman–Crippen MR) is 105 cm³/mol. The van der Waals surface area contributed by atoms with Crippen molar-refractivity contribution < 1.29 is 18.3 Å². The van der Waals surface area contributed by atoms with E-state index in [1.807, 2.05) is 36.4 Å². The average molecular weight is 414 g/mol. The third kappa shape index (κ3) is 4.07. The number of ether oxygens (including phenoxy) is 1. The summed E-state index contributed by atoms with van der Waals surface area (Å²) in [6.45, 7) is 0. The van der Waals surface area contributed by atoms with Crippen LogP contribution >= 0.6 is 11.7 Å². The smallest absolute Gasteiger partial charge is 0.340 e. The van der Waals surface area contributed by atoms with Gasteiger partial charge in [-0.15, -0.1) is 0 Å². The normalized spacial score (nSPS) is 11.5. The summed E-state index contributed by atoms with van der Waals surface area (Å²) in [5.74, 6) is -0.572. The van der Waals surface area contributed by atoms with Gasteiger partial charge in [0.05, 0.1) is 41.7 Å². The van der Waals surface area contributed by atoms with Crippen molar-refractivity contribution in [3.8, 4) is 6.07 Å². The zero-order chi connectivity index (χ0) is 20.1. The van der Waals surface area contributed by atoms with Gasteiger partial charge in [0.1, 0.15) is 5.69 Å². The highest BCUT2D eigenvalue weighted by Crippen LogP contribution is 2.33. The molecule has 1 unspecified atom stereocenters. The van der Waals surface area contributed by atoms with Crippen molar-refractivity contribution in [1.82, 2.24) is 8.75 Å². The quantitative estimate of drug-likeness (QED) is 0.487. The highest BCUT2D eigenvalue weighted by molar-refractivity contribution is 7.81. The third-order valence-electron chi connectivity index (χ3n) is 3.85. The lowest BCUT2D eigenvalue weighted by Crippen LogP contribution is -2.23. The van der Waals surface area contributed by atoms with Crippen molar-refractivity contribution in [1.29, 1.82) is 5.26 Å². The first kappa shape index (κ1) is 19.6.